The molecule has 0 bridgehead atoms. The lowest BCUT2D eigenvalue weighted by molar-refractivity contribution is -0.128. The van der Waals surface area contributed by atoms with E-state index in [1.54, 1.807) is 11.0 Å². The third-order valence-electron chi connectivity index (χ3n) is 5.51. The topological polar surface area (TPSA) is 69.6 Å². The second-order valence-corrected chi connectivity index (χ2v) is 8.44. The van der Waals surface area contributed by atoms with E-state index in [0.29, 0.717) is 29.1 Å². The van der Waals surface area contributed by atoms with E-state index in [2.05, 4.69) is 5.32 Å². The minimum atomic E-state index is -0.425. The summed E-state index contributed by atoms with van der Waals surface area (Å²) in [6, 6.07) is 5.48. The van der Waals surface area contributed by atoms with Gasteiger partial charge in [0.1, 0.15) is 0 Å². The normalized spacial score (nSPS) is 18.1. The maximum Gasteiger partial charge on any atom is 0.289 e. The van der Waals surface area contributed by atoms with Crippen molar-refractivity contribution in [2.24, 2.45) is 5.92 Å². The zero-order valence-corrected chi connectivity index (χ0v) is 17.4. The molecule has 1 aromatic rings. The predicted octanol–water partition coefficient (Wildman–Crippen LogP) is 4.28. The van der Waals surface area contributed by atoms with Crippen LogP contribution < -0.4 is 5.32 Å². The highest BCUT2D eigenvalue weighted by atomic mass is 35.5. The van der Waals surface area contributed by atoms with Crippen LogP contribution in [0.25, 0.3) is 0 Å². The molecule has 2 N–H and O–H groups in total. The van der Waals surface area contributed by atoms with Crippen LogP contribution in [0.1, 0.15) is 44.1 Å². The summed E-state index contributed by atoms with van der Waals surface area (Å²) >= 11 is 11.9. The Labute approximate surface area is 175 Å². The molecule has 1 fully saturated rings. The number of halogens is 2. The summed E-state index contributed by atoms with van der Waals surface area (Å²) in [5, 5.41) is 14.0. The van der Waals surface area contributed by atoms with Crippen molar-refractivity contribution in [1.82, 2.24) is 10.2 Å². The maximum absolute atomic E-state index is 12.4. The molecule has 0 atom stereocenters. The van der Waals surface area contributed by atoms with Crippen molar-refractivity contribution in [3.63, 3.8) is 0 Å². The first-order chi connectivity index (χ1) is 13.5. The first kappa shape index (κ1) is 21.0. The largest absolute Gasteiger partial charge is 0.503 e. The molecule has 0 saturated heterocycles. The molecule has 28 heavy (non-hydrogen) atoms. The Balaban J connectivity index is 1.45. The van der Waals surface area contributed by atoms with Gasteiger partial charge in [0.05, 0.1) is 22.2 Å². The molecule has 5 nitrogen and oxygen atoms in total. The minimum Gasteiger partial charge on any atom is -0.503 e. The smallest absolute Gasteiger partial charge is 0.289 e. The van der Waals surface area contributed by atoms with Crippen molar-refractivity contribution < 1.29 is 14.7 Å². The van der Waals surface area contributed by atoms with Gasteiger partial charge in [0, 0.05) is 13.1 Å². The molecule has 0 radical (unpaired) electrons. The van der Waals surface area contributed by atoms with Gasteiger partial charge in [-0.3, -0.25) is 9.59 Å². The highest BCUT2D eigenvalue weighted by Crippen LogP contribution is 2.27. The van der Waals surface area contributed by atoms with E-state index < -0.39 is 11.7 Å². The molecule has 3 rings (SSSR count). The fourth-order valence-electron chi connectivity index (χ4n) is 3.92. The van der Waals surface area contributed by atoms with Gasteiger partial charge in [-0.05, 0) is 49.3 Å². The van der Waals surface area contributed by atoms with Crippen LogP contribution in [-0.2, 0) is 16.0 Å². The van der Waals surface area contributed by atoms with Crippen molar-refractivity contribution in [3.05, 3.63) is 45.1 Å². The van der Waals surface area contributed by atoms with E-state index in [4.69, 9.17) is 23.2 Å². The van der Waals surface area contributed by atoms with Crippen LogP contribution in [0.5, 0.6) is 0 Å². The Morgan fingerprint density at radius 2 is 1.93 bits per heavy atom. The molecule has 0 aromatic heterocycles. The van der Waals surface area contributed by atoms with Crippen LogP contribution in [0.4, 0.5) is 0 Å². The molecule has 0 unspecified atom stereocenters. The molecule has 2 aliphatic rings. The Bertz CT molecular complexity index is 773. The number of nitrogens with one attached hydrogen (secondary N) is 1. The Morgan fingerprint density at radius 3 is 2.64 bits per heavy atom. The molecule has 7 heteroatoms. The van der Waals surface area contributed by atoms with E-state index in [9.17, 15) is 14.7 Å². The minimum absolute atomic E-state index is 0.176. The summed E-state index contributed by atoms with van der Waals surface area (Å²) in [5.41, 5.74) is 1.22. The molecule has 2 amide bonds. The number of benzene rings is 1. The number of aryl methyl sites for hydroxylation is 1. The lowest BCUT2D eigenvalue weighted by atomic mass is 9.89. The Hall–Kier alpha value is -1.72. The predicted molar refractivity (Wildman–Crippen MR) is 111 cm³/mol. The maximum atomic E-state index is 12.4. The third-order valence-corrected chi connectivity index (χ3v) is 6.25. The fourth-order valence-corrected chi connectivity index (χ4v) is 4.24. The van der Waals surface area contributed by atoms with E-state index >= 15 is 0 Å². The number of hydrogen-bond acceptors (Lipinski definition) is 3. The van der Waals surface area contributed by atoms with Crippen LogP contribution in [0.3, 0.4) is 0 Å². The molecule has 1 saturated carbocycles. The average Bonchev–Trinajstić information content (AvgIpc) is 2.97. The average molecular weight is 425 g/mol. The van der Waals surface area contributed by atoms with Crippen molar-refractivity contribution in [3.8, 4) is 0 Å². The molecule has 1 aliphatic heterocycles. The Morgan fingerprint density at radius 1 is 1.18 bits per heavy atom. The van der Waals surface area contributed by atoms with E-state index in [1.807, 2.05) is 12.1 Å². The van der Waals surface area contributed by atoms with Crippen LogP contribution in [-0.4, -0.2) is 41.5 Å². The second-order valence-electron chi connectivity index (χ2n) is 7.62. The molecule has 1 aliphatic carbocycles. The van der Waals surface area contributed by atoms with Gasteiger partial charge in [0.25, 0.3) is 11.8 Å². The molecule has 0 spiro atoms. The first-order valence-corrected chi connectivity index (χ1v) is 10.6. The van der Waals surface area contributed by atoms with Gasteiger partial charge in [-0.2, -0.15) is 0 Å². The van der Waals surface area contributed by atoms with Crippen LogP contribution in [0, 0.1) is 5.92 Å². The van der Waals surface area contributed by atoms with Crippen LogP contribution in [0.15, 0.2) is 29.5 Å². The second kappa shape index (κ2) is 9.66. The molecular weight excluding hydrogens is 399 g/mol. The number of amides is 2. The third kappa shape index (κ3) is 5.21. The van der Waals surface area contributed by atoms with Gasteiger partial charge in [-0.15, -0.1) is 0 Å². The summed E-state index contributed by atoms with van der Waals surface area (Å²) in [6.07, 6.45) is 7.33. The molecule has 152 valence electrons. The summed E-state index contributed by atoms with van der Waals surface area (Å²) in [5.74, 6) is -0.727. The van der Waals surface area contributed by atoms with Crippen molar-refractivity contribution in [1.29, 1.82) is 0 Å². The van der Waals surface area contributed by atoms with Gasteiger partial charge in [-0.1, -0.05) is 48.5 Å². The summed E-state index contributed by atoms with van der Waals surface area (Å²) in [7, 11) is 0. The van der Waals surface area contributed by atoms with Gasteiger partial charge in [0.2, 0.25) is 0 Å². The number of carbonyl (C=O) groups excluding carboxylic acids is 2. The zero-order valence-electron chi connectivity index (χ0n) is 15.8. The van der Waals surface area contributed by atoms with Gasteiger partial charge in [-0.25, -0.2) is 0 Å². The van der Waals surface area contributed by atoms with Crippen LogP contribution in [0.2, 0.25) is 10.0 Å². The SMILES string of the molecule is O=C(NCCCc1ccc(Cl)c(Cl)c1)C1=C(O)C(=O)N(CC2CCCCC2)C1. The first-order valence-electron chi connectivity index (χ1n) is 9.89. The zero-order chi connectivity index (χ0) is 20.1. The van der Waals surface area contributed by atoms with Gasteiger partial charge in [0.15, 0.2) is 5.76 Å². The number of aliphatic hydroxyl groups excluding tert-OH is 1. The van der Waals surface area contributed by atoms with E-state index in [0.717, 1.165) is 31.2 Å². The lowest BCUT2D eigenvalue weighted by Gasteiger charge is -2.26. The molecule has 1 heterocycles. The highest BCUT2D eigenvalue weighted by molar-refractivity contribution is 6.42. The summed E-state index contributed by atoms with van der Waals surface area (Å²) < 4.78 is 0. The number of rotatable bonds is 7. The van der Waals surface area contributed by atoms with Crippen molar-refractivity contribution in [2.75, 3.05) is 19.6 Å². The molecule has 1 aromatic carbocycles. The quantitative estimate of drug-likeness (QED) is 0.641. The van der Waals surface area contributed by atoms with Crippen LogP contribution >= 0.6 is 23.2 Å². The fraction of sp³-hybridized carbons (Fsp3) is 0.524. The van der Waals surface area contributed by atoms with Gasteiger partial charge < -0.3 is 15.3 Å². The summed E-state index contributed by atoms with van der Waals surface area (Å²) in [4.78, 5) is 26.3. The number of hydrogen-bond donors (Lipinski definition) is 2. The number of nitrogens with zero attached hydrogens (tertiary/aromatic N) is 1. The number of aliphatic hydroxyl groups is 1. The van der Waals surface area contributed by atoms with Crippen molar-refractivity contribution >= 4 is 35.0 Å². The Kier molecular flexibility index (Phi) is 7.24. The summed E-state index contributed by atoms with van der Waals surface area (Å²) in [6.45, 7) is 1.27. The number of carbonyl (C=O) groups is 2. The molecular formula is C21H26Cl2N2O3. The monoisotopic (exact) mass is 424 g/mol. The lowest BCUT2D eigenvalue weighted by Crippen LogP contribution is -2.34. The standard InChI is InChI=1S/C21H26Cl2N2O3/c22-17-9-8-14(11-18(17)23)7-4-10-24-20(27)16-13-25(21(28)19(16)26)12-15-5-2-1-3-6-15/h8-9,11,15,26H,1-7,10,12-13H2,(H,24,27). The highest BCUT2D eigenvalue weighted by Gasteiger charge is 2.35. The van der Waals surface area contributed by atoms with E-state index in [-0.39, 0.29) is 18.0 Å². The van der Waals surface area contributed by atoms with Crippen molar-refractivity contribution in [2.45, 2.75) is 44.9 Å². The van der Waals surface area contributed by atoms with Gasteiger partial charge >= 0.3 is 0 Å². The van der Waals surface area contributed by atoms with E-state index in [1.165, 1.54) is 19.3 Å².